The van der Waals surface area contributed by atoms with Gasteiger partial charge < -0.3 is 0 Å². The second-order valence-corrected chi connectivity index (χ2v) is 1.05. The van der Waals surface area contributed by atoms with E-state index in [0.717, 1.165) is 0 Å². The first-order valence-corrected chi connectivity index (χ1v) is 1.87. The summed E-state index contributed by atoms with van der Waals surface area (Å²) in [6, 6.07) is 0. The van der Waals surface area contributed by atoms with E-state index < -0.39 is 14.5 Å². The molecular weight excluding hydrogens is 122 g/mol. The van der Waals surface area contributed by atoms with Crippen LogP contribution in [0.5, 0.6) is 0 Å². The summed E-state index contributed by atoms with van der Waals surface area (Å²) in [7, 11) is -5.55. The maximum atomic E-state index is 11.0. The summed E-state index contributed by atoms with van der Waals surface area (Å²) in [5.41, 5.74) is 0. The van der Waals surface area contributed by atoms with E-state index in [0.29, 0.717) is 0 Å². The van der Waals surface area contributed by atoms with E-state index in [-0.39, 0.29) is 12.0 Å². The third-order valence-electron chi connectivity index (χ3n) is 0.402. The van der Waals surface area contributed by atoms with Gasteiger partial charge in [0.15, 0.2) is 0 Å². The van der Waals surface area contributed by atoms with E-state index in [4.69, 9.17) is 0 Å². The molecule has 0 aliphatic carbocycles. The highest BCUT2D eigenvalue weighted by atomic mass is 19.2. The summed E-state index contributed by atoms with van der Waals surface area (Å²) >= 11 is 0. The van der Waals surface area contributed by atoms with Crippen LogP contribution in [0, 0.1) is 0 Å². The SMILES string of the molecule is FB(F)C=CB(F)F. The number of hydrogen-bond acceptors (Lipinski definition) is 0. The lowest BCUT2D eigenvalue weighted by molar-refractivity contribution is 0.674. The normalized spacial score (nSPS) is 10.0. The van der Waals surface area contributed by atoms with Crippen molar-refractivity contribution in [3.8, 4) is 0 Å². The van der Waals surface area contributed by atoms with Crippen LogP contribution < -0.4 is 0 Å². The number of halogens is 4. The van der Waals surface area contributed by atoms with Gasteiger partial charge in [0.25, 0.3) is 0 Å². The summed E-state index contributed by atoms with van der Waals surface area (Å²) in [6.45, 7) is 0. The van der Waals surface area contributed by atoms with Crippen LogP contribution in [0.4, 0.5) is 17.3 Å². The van der Waals surface area contributed by atoms with E-state index in [9.17, 15) is 17.3 Å². The Bertz CT molecular complexity index is 70.1. The Balaban J connectivity index is 3.34. The van der Waals surface area contributed by atoms with Crippen LogP contribution in [0.3, 0.4) is 0 Å². The summed E-state index contributed by atoms with van der Waals surface area (Å²) in [5.74, 6) is 0.315. The van der Waals surface area contributed by atoms with E-state index >= 15 is 0 Å². The molecule has 0 nitrogen and oxygen atoms in total. The van der Waals surface area contributed by atoms with Gasteiger partial charge in [-0.3, -0.25) is 17.3 Å². The predicted octanol–water partition coefficient (Wildman–Crippen LogP) is 1.48. The minimum atomic E-state index is -2.77. The molecule has 44 valence electrons. The van der Waals surface area contributed by atoms with Crippen molar-refractivity contribution in [2.24, 2.45) is 0 Å². The van der Waals surface area contributed by atoms with Crippen LogP contribution in [-0.4, -0.2) is 14.5 Å². The zero-order valence-electron chi connectivity index (χ0n) is 3.82. The van der Waals surface area contributed by atoms with Crippen molar-refractivity contribution < 1.29 is 17.3 Å². The minimum Gasteiger partial charge on any atom is -0.282 e. The predicted molar refractivity (Wildman–Crippen MR) is 25.1 cm³/mol. The summed E-state index contributed by atoms with van der Waals surface area (Å²) in [4.78, 5) is 0. The molecule has 0 aromatic heterocycles. The first-order valence-electron chi connectivity index (χ1n) is 1.87. The average Bonchev–Trinajstić information content (AvgIpc) is 1.61. The Hall–Kier alpha value is -0.410. The standard InChI is InChI=1S/C2H2B2F4/c5-3(6)1-2-4(7)8/h1-2H. The molecule has 0 N–H and O–H groups in total. The fraction of sp³-hybridized carbons (Fsp3) is 0. The van der Waals surface area contributed by atoms with Gasteiger partial charge in [0.05, 0.1) is 0 Å². The molecule has 0 saturated carbocycles. The van der Waals surface area contributed by atoms with Crippen LogP contribution >= 0.6 is 0 Å². The summed E-state index contributed by atoms with van der Waals surface area (Å²) in [6.07, 6.45) is 0. The molecule has 0 aromatic carbocycles. The zero-order chi connectivity index (χ0) is 6.57. The summed E-state index contributed by atoms with van der Waals surface area (Å²) < 4.78 is 43.9. The molecule has 0 fully saturated rings. The van der Waals surface area contributed by atoms with Gasteiger partial charge in [-0.2, -0.15) is 0 Å². The van der Waals surface area contributed by atoms with Gasteiger partial charge in [0.2, 0.25) is 0 Å². The maximum absolute atomic E-state index is 11.0. The molecule has 0 rings (SSSR count). The molecule has 6 heteroatoms. The molecule has 0 saturated heterocycles. The molecule has 0 bridgehead atoms. The molecular formula is C2H2B2F4. The van der Waals surface area contributed by atoms with Crippen LogP contribution in [0.2, 0.25) is 0 Å². The lowest BCUT2D eigenvalue weighted by atomic mass is 9.89. The largest absolute Gasteiger partial charge is 0.564 e. The highest BCUT2D eigenvalue weighted by molar-refractivity contribution is 6.55. The van der Waals surface area contributed by atoms with Crippen LogP contribution in [0.1, 0.15) is 0 Å². The number of rotatable bonds is 2. The highest BCUT2D eigenvalue weighted by Crippen LogP contribution is 1.92. The molecule has 0 heterocycles. The molecule has 0 spiro atoms. The fourth-order valence-electron chi connectivity index (χ4n) is 0.168. The maximum Gasteiger partial charge on any atom is 0.564 e. The smallest absolute Gasteiger partial charge is 0.282 e. The van der Waals surface area contributed by atoms with Crippen molar-refractivity contribution in [1.29, 1.82) is 0 Å². The molecule has 0 unspecified atom stereocenters. The first kappa shape index (κ1) is 7.59. The van der Waals surface area contributed by atoms with E-state index in [1.807, 2.05) is 0 Å². The summed E-state index contributed by atoms with van der Waals surface area (Å²) in [5, 5.41) is 0. The van der Waals surface area contributed by atoms with Crippen LogP contribution in [-0.2, 0) is 0 Å². The van der Waals surface area contributed by atoms with Gasteiger partial charge in [0.1, 0.15) is 0 Å². The Kier molecular flexibility index (Phi) is 3.39. The molecule has 0 aliphatic rings. The molecule has 0 amide bonds. The fourth-order valence-corrected chi connectivity index (χ4v) is 0.168. The third kappa shape index (κ3) is 5.59. The average molecular weight is 124 g/mol. The quantitative estimate of drug-likeness (QED) is 0.386. The van der Waals surface area contributed by atoms with Crippen molar-refractivity contribution in [1.82, 2.24) is 0 Å². The third-order valence-corrected chi connectivity index (χ3v) is 0.402. The Morgan fingerprint density at radius 3 is 1.12 bits per heavy atom. The molecule has 0 radical (unpaired) electrons. The van der Waals surface area contributed by atoms with E-state index in [1.165, 1.54) is 0 Å². The minimum absolute atomic E-state index is 0.157. The van der Waals surface area contributed by atoms with Gasteiger partial charge in [-0.05, 0) is 0 Å². The first-order chi connectivity index (χ1) is 3.63. The second-order valence-electron chi connectivity index (χ2n) is 1.05. The lowest BCUT2D eigenvalue weighted by Crippen LogP contribution is -1.94. The van der Waals surface area contributed by atoms with Gasteiger partial charge >= 0.3 is 14.5 Å². The molecule has 0 aliphatic heterocycles. The van der Waals surface area contributed by atoms with Crippen LogP contribution in [0.15, 0.2) is 12.0 Å². The Morgan fingerprint density at radius 1 is 0.750 bits per heavy atom. The number of hydrogen-bond donors (Lipinski definition) is 0. The van der Waals surface area contributed by atoms with Crippen LogP contribution in [0.25, 0.3) is 0 Å². The molecule has 0 aromatic rings. The van der Waals surface area contributed by atoms with Crippen molar-refractivity contribution in [3.63, 3.8) is 0 Å². The molecule has 8 heavy (non-hydrogen) atoms. The highest BCUT2D eigenvalue weighted by Gasteiger charge is 2.10. The van der Waals surface area contributed by atoms with Gasteiger partial charge in [0, 0.05) is 0 Å². The Morgan fingerprint density at radius 2 is 1.00 bits per heavy atom. The van der Waals surface area contributed by atoms with Crippen molar-refractivity contribution >= 4 is 14.5 Å². The van der Waals surface area contributed by atoms with Gasteiger partial charge in [-0.15, -0.1) is 0 Å². The monoisotopic (exact) mass is 124 g/mol. The second kappa shape index (κ2) is 3.57. The van der Waals surface area contributed by atoms with Gasteiger partial charge in [-0.25, -0.2) is 0 Å². The topological polar surface area (TPSA) is 0 Å². The van der Waals surface area contributed by atoms with E-state index in [1.54, 1.807) is 0 Å². The van der Waals surface area contributed by atoms with Crippen molar-refractivity contribution in [2.45, 2.75) is 0 Å². The van der Waals surface area contributed by atoms with Crippen molar-refractivity contribution in [3.05, 3.63) is 12.0 Å². The Labute approximate surface area is 44.9 Å². The van der Waals surface area contributed by atoms with Gasteiger partial charge in [-0.1, -0.05) is 12.0 Å². The molecule has 0 atom stereocenters. The van der Waals surface area contributed by atoms with E-state index in [2.05, 4.69) is 0 Å². The lowest BCUT2D eigenvalue weighted by Gasteiger charge is -1.77. The zero-order valence-corrected chi connectivity index (χ0v) is 3.82. The van der Waals surface area contributed by atoms with Crippen molar-refractivity contribution in [2.75, 3.05) is 0 Å².